The molecule has 0 aliphatic carbocycles. The SMILES string of the molecule is CCOc1ccccc1C(=O)N1CC2CNCC2C1. The van der Waals surface area contributed by atoms with Gasteiger partial charge in [-0.05, 0) is 30.9 Å². The molecule has 2 aliphatic heterocycles. The number of rotatable bonds is 3. The lowest BCUT2D eigenvalue weighted by Gasteiger charge is -2.19. The summed E-state index contributed by atoms with van der Waals surface area (Å²) in [6.07, 6.45) is 0. The first-order chi connectivity index (χ1) is 9.29. The molecule has 2 atom stereocenters. The van der Waals surface area contributed by atoms with Crippen LogP contribution < -0.4 is 10.1 Å². The van der Waals surface area contributed by atoms with Crippen molar-refractivity contribution in [1.29, 1.82) is 0 Å². The molecule has 2 aliphatic rings. The Morgan fingerprint density at radius 2 is 2.00 bits per heavy atom. The third kappa shape index (κ3) is 2.32. The molecule has 2 fully saturated rings. The van der Waals surface area contributed by atoms with Crippen LogP contribution in [0.15, 0.2) is 24.3 Å². The average molecular weight is 260 g/mol. The van der Waals surface area contributed by atoms with Crippen LogP contribution in [0.2, 0.25) is 0 Å². The lowest BCUT2D eigenvalue weighted by Crippen LogP contribution is -2.32. The summed E-state index contributed by atoms with van der Waals surface area (Å²) in [5.41, 5.74) is 0.692. The van der Waals surface area contributed by atoms with Crippen molar-refractivity contribution in [2.24, 2.45) is 11.8 Å². The molecule has 2 heterocycles. The van der Waals surface area contributed by atoms with Gasteiger partial charge in [0.1, 0.15) is 5.75 Å². The lowest BCUT2D eigenvalue weighted by molar-refractivity contribution is 0.0777. The number of ether oxygens (including phenoxy) is 1. The minimum Gasteiger partial charge on any atom is -0.493 e. The Labute approximate surface area is 113 Å². The lowest BCUT2D eigenvalue weighted by atomic mass is 10.0. The summed E-state index contributed by atoms with van der Waals surface area (Å²) in [5, 5.41) is 3.39. The molecule has 4 heteroatoms. The third-order valence-corrected chi connectivity index (χ3v) is 4.09. The van der Waals surface area contributed by atoms with Crippen LogP contribution in [0.1, 0.15) is 17.3 Å². The van der Waals surface area contributed by atoms with Crippen molar-refractivity contribution in [1.82, 2.24) is 10.2 Å². The van der Waals surface area contributed by atoms with Gasteiger partial charge in [0, 0.05) is 26.2 Å². The minimum atomic E-state index is 0.110. The summed E-state index contributed by atoms with van der Waals surface area (Å²) in [6.45, 7) is 6.35. The molecule has 3 rings (SSSR count). The molecular weight excluding hydrogens is 240 g/mol. The quantitative estimate of drug-likeness (QED) is 0.892. The monoisotopic (exact) mass is 260 g/mol. The number of hydrogen-bond acceptors (Lipinski definition) is 3. The summed E-state index contributed by atoms with van der Waals surface area (Å²) >= 11 is 0. The molecule has 1 aromatic carbocycles. The highest BCUT2D eigenvalue weighted by atomic mass is 16.5. The number of nitrogens with one attached hydrogen (secondary N) is 1. The van der Waals surface area contributed by atoms with Gasteiger partial charge in [-0.25, -0.2) is 0 Å². The third-order valence-electron chi connectivity index (χ3n) is 4.09. The molecule has 0 radical (unpaired) electrons. The Bertz CT molecular complexity index is 463. The van der Waals surface area contributed by atoms with E-state index in [2.05, 4.69) is 5.32 Å². The second-order valence-corrected chi connectivity index (χ2v) is 5.32. The second kappa shape index (κ2) is 5.21. The first kappa shape index (κ1) is 12.5. The number of benzene rings is 1. The zero-order chi connectivity index (χ0) is 13.2. The number of nitrogens with zero attached hydrogens (tertiary/aromatic N) is 1. The van der Waals surface area contributed by atoms with Crippen molar-refractivity contribution < 1.29 is 9.53 Å². The molecule has 1 N–H and O–H groups in total. The maximum absolute atomic E-state index is 12.6. The highest BCUT2D eigenvalue weighted by Gasteiger charge is 2.38. The van der Waals surface area contributed by atoms with Crippen molar-refractivity contribution >= 4 is 5.91 Å². The van der Waals surface area contributed by atoms with Crippen LogP contribution in [0.25, 0.3) is 0 Å². The smallest absolute Gasteiger partial charge is 0.257 e. The highest BCUT2D eigenvalue weighted by Crippen LogP contribution is 2.29. The van der Waals surface area contributed by atoms with E-state index in [1.807, 2.05) is 36.1 Å². The maximum Gasteiger partial charge on any atom is 0.257 e. The van der Waals surface area contributed by atoms with Crippen molar-refractivity contribution in [3.05, 3.63) is 29.8 Å². The summed E-state index contributed by atoms with van der Waals surface area (Å²) in [6, 6.07) is 7.54. The Kier molecular flexibility index (Phi) is 3.42. The van der Waals surface area contributed by atoms with Crippen molar-refractivity contribution in [3.8, 4) is 5.75 Å². The number of fused-ring (bicyclic) bond motifs is 1. The van der Waals surface area contributed by atoms with E-state index < -0.39 is 0 Å². The molecule has 1 aromatic rings. The minimum absolute atomic E-state index is 0.110. The normalized spacial score (nSPS) is 25.4. The van der Waals surface area contributed by atoms with E-state index in [0.717, 1.165) is 26.2 Å². The van der Waals surface area contributed by atoms with Crippen LogP contribution in [0.3, 0.4) is 0 Å². The van der Waals surface area contributed by atoms with Crippen LogP contribution in [0, 0.1) is 11.8 Å². The molecule has 0 spiro atoms. The molecule has 1 amide bonds. The van der Waals surface area contributed by atoms with Gasteiger partial charge in [-0.2, -0.15) is 0 Å². The van der Waals surface area contributed by atoms with Gasteiger partial charge >= 0.3 is 0 Å². The van der Waals surface area contributed by atoms with Gasteiger partial charge in [0.25, 0.3) is 5.91 Å². The van der Waals surface area contributed by atoms with E-state index >= 15 is 0 Å². The zero-order valence-corrected chi connectivity index (χ0v) is 11.3. The van der Waals surface area contributed by atoms with Crippen molar-refractivity contribution in [3.63, 3.8) is 0 Å². The summed E-state index contributed by atoms with van der Waals surface area (Å²) in [4.78, 5) is 14.6. The maximum atomic E-state index is 12.6. The number of carbonyl (C=O) groups is 1. The van der Waals surface area contributed by atoms with Gasteiger partial charge in [0.2, 0.25) is 0 Å². The zero-order valence-electron chi connectivity index (χ0n) is 11.3. The molecular formula is C15H20N2O2. The molecule has 2 unspecified atom stereocenters. The number of likely N-dealkylation sites (tertiary alicyclic amines) is 1. The molecule has 19 heavy (non-hydrogen) atoms. The van der Waals surface area contributed by atoms with Crippen LogP contribution >= 0.6 is 0 Å². The van der Waals surface area contributed by atoms with Crippen molar-refractivity contribution in [2.45, 2.75) is 6.92 Å². The predicted molar refractivity (Wildman–Crippen MR) is 73.4 cm³/mol. The van der Waals surface area contributed by atoms with Gasteiger partial charge in [0.15, 0.2) is 0 Å². The first-order valence-corrected chi connectivity index (χ1v) is 7.01. The highest BCUT2D eigenvalue weighted by molar-refractivity contribution is 5.97. The van der Waals surface area contributed by atoms with E-state index in [-0.39, 0.29) is 5.91 Å². The summed E-state index contributed by atoms with van der Waals surface area (Å²) in [7, 11) is 0. The number of hydrogen-bond donors (Lipinski definition) is 1. The fourth-order valence-electron chi connectivity index (χ4n) is 3.12. The fourth-order valence-corrected chi connectivity index (χ4v) is 3.12. The molecule has 4 nitrogen and oxygen atoms in total. The van der Waals surface area contributed by atoms with E-state index in [0.29, 0.717) is 29.8 Å². The Balaban J connectivity index is 1.77. The van der Waals surface area contributed by atoms with Gasteiger partial charge < -0.3 is 15.0 Å². The standard InChI is InChI=1S/C15H20N2O2/c1-2-19-14-6-4-3-5-13(14)15(18)17-9-11-7-16-8-12(11)10-17/h3-6,11-12,16H,2,7-10H2,1H3. The Morgan fingerprint density at radius 1 is 1.32 bits per heavy atom. The topological polar surface area (TPSA) is 41.6 Å². The van der Waals surface area contributed by atoms with Gasteiger partial charge in [-0.1, -0.05) is 12.1 Å². The molecule has 0 aromatic heterocycles. The second-order valence-electron chi connectivity index (χ2n) is 5.32. The predicted octanol–water partition coefficient (Wildman–Crippen LogP) is 1.38. The van der Waals surface area contributed by atoms with Crippen LogP contribution in [-0.4, -0.2) is 43.6 Å². The number of para-hydroxylation sites is 1. The number of carbonyl (C=O) groups excluding carboxylic acids is 1. The molecule has 0 saturated carbocycles. The van der Waals surface area contributed by atoms with Gasteiger partial charge in [-0.15, -0.1) is 0 Å². The van der Waals surface area contributed by atoms with E-state index in [4.69, 9.17) is 4.74 Å². The van der Waals surface area contributed by atoms with Crippen LogP contribution in [0.5, 0.6) is 5.75 Å². The Hall–Kier alpha value is -1.55. The fraction of sp³-hybridized carbons (Fsp3) is 0.533. The summed E-state index contributed by atoms with van der Waals surface area (Å²) in [5.74, 6) is 2.06. The van der Waals surface area contributed by atoms with Crippen molar-refractivity contribution in [2.75, 3.05) is 32.8 Å². The van der Waals surface area contributed by atoms with Crippen LogP contribution in [0.4, 0.5) is 0 Å². The molecule has 0 bridgehead atoms. The van der Waals surface area contributed by atoms with E-state index in [1.165, 1.54) is 0 Å². The molecule has 102 valence electrons. The largest absolute Gasteiger partial charge is 0.493 e. The Morgan fingerprint density at radius 3 is 2.68 bits per heavy atom. The summed E-state index contributed by atoms with van der Waals surface area (Å²) < 4.78 is 5.55. The average Bonchev–Trinajstić information content (AvgIpc) is 2.99. The van der Waals surface area contributed by atoms with Crippen LogP contribution in [-0.2, 0) is 0 Å². The van der Waals surface area contributed by atoms with E-state index in [1.54, 1.807) is 0 Å². The van der Waals surface area contributed by atoms with Gasteiger partial charge in [0.05, 0.1) is 12.2 Å². The van der Waals surface area contributed by atoms with Gasteiger partial charge in [-0.3, -0.25) is 4.79 Å². The molecule has 2 saturated heterocycles. The van der Waals surface area contributed by atoms with E-state index in [9.17, 15) is 4.79 Å². The number of amides is 1. The first-order valence-electron chi connectivity index (χ1n) is 7.01.